The molecule has 0 aromatic rings. The molecule has 0 amide bonds. The molecule has 0 rings (SSSR count). The summed E-state index contributed by atoms with van der Waals surface area (Å²) in [6.45, 7) is 15.9. The van der Waals surface area contributed by atoms with Crippen molar-refractivity contribution in [3.8, 4) is 0 Å². The largest absolute Gasteiger partial charge is 0.311 e. The molecule has 0 radical (unpaired) electrons. The van der Waals surface area contributed by atoms with Gasteiger partial charge in [-0.15, -0.1) is 0 Å². The van der Waals surface area contributed by atoms with Gasteiger partial charge in [-0.05, 0) is 46.3 Å². The highest BCUT2D eigenvalue weighted by atomic mass is 15.2. The van der Waals surface area contributed by atoms with Gasteiger partial charge in [0.1, 0.15) is 0 Å². The molecule has 0 aromatic heterocycles. The van der Waals surface area contributed by atoms with E-state index >= 15 is 0 Å². The van der Waals surface area contributed by atoms with Crippen molar-refractivity contribution in [3.05, 3.63) is 0 Å². The van der Waals surface area contributed by atoms with E-state index in [1.807, 2.05) is 0 Å². The molecule has 0 aliphatic heterocycles. The Hall–Kier alpha value is -0.0800. The maximum absolute atomic E-state index is 3.53. The van der Waals surface area contributed by atoms with Gasteiger partial charge in [-0.1, -0.05) is 20.8 Å². The summed E-state index contributed by atoms with van der Waals surface area (Å²) in [6.07, 6.45) is 2.50. The van der Waals surface area contributed by atoms with Crippen LogP contribution >= 0.6 is 0 Å². The van der Waals surface area contributed by atoms with Gasteiger partial charge in [0.15, 0.2) is 0 Å². The fourth-order valence-corrected chi connectivity index (χ4v) is 2.00. The van der Waals surface area contributed by atoms with Crippen LogP contribution in [0.2, 0.25) is 0 Å². The van der Waals surface area contributed by atoms with Crippen LogP contribution in [0.15, 0.2) is 0 Å². The summed E-state index contributed by atoms with van der Waals surface area (Å²) in [7, 11) is 0. The van der Waals surface area contributed by atoms with Crippen LogP contribution in [-0.2, 0) is 0 Å². The molecule has 0 saturated carbocycles. The third-order valence-electron chi connectivity index (χ3n) is 2.35. The lowest BCUT2D eigenvalue weighted by atomic mass is 10.0. The van der Waals surface area contributed by atoms with Crippen LogP contribution in [0.4, 0.5) is 0 Å². The molecule has 0 unspecified atom stereocenters. The highest BCUT2D eigenvalue weighted by Crippen LogP contribution is 2.06. The van der Waals surface area contributed by atoms with Gasteiger partial charge in [-0.25, -0.2) is 0 Å². The summed E-state index contributed by atoms with van der Waals surface area (Å²) in [5.74, 6) is 0. The van der Waals surface area contributed by atoms with E-state index in [-0.39, 0.29) is 5.54 Å². The van der Waals surface area contributed by atoms with E-state index < -0.39 is 0 Å². The smallest absolute Gasteiger partial charge is 0.0252 e. The third kappa shape index (κ3) is 6.39. The van der Waals surface area contributed by atoms with Gasteiger partial charge in [0.2, 0.25) is 0 Å². The van der Waals surface area contributed by atoms with E-state index in [1.54, 1.807) is 0 Å². The number of hydrogen-bond acceptors (Lipinski definition) is 2. The maximum Gasteiger partial charge on any atom is 0.0252 e. The Morgan fingerprint density at radius 3 is 1.86 bits per heavy atom. The van der Waals surface area contributed by atoms with E-state index in [0.717, 1.165) is 13.1 Å². The molecular weight excluding hydrogens is 172 g/mol. The van der Waals surface area contributed by atoms with Gasteiger partial charge in [-0.2, -0.15) is 0 Å². The number of likely N-dealkylation sites (N-methyl/N-ethyl adjacent to an activating group) is 1. The second kappa shape index (κ2) is 7.24. The molecule has 0 bridgehead atoms. The molecule has 0 aromatic carbocycles. The lowest BCUT2D eigenvalue weighted by Crippen LogP contribution is -2.49. The first-order chi connectivity index (χ1) is 6.55. The van der Waals surface area contributed by atoms with E-state index in [0.29, 0.717) is 0 Å². The van der Waals surface area contributed by atoms with Gasteiger partial charge < -0.3 is 10.2 Å². The lowest BCUT2D eigenvalue weighted by Gasteiger charge is -2.33. The summed E-state index contributed by atoms with van der Waals surface area (Å²) < 4.78 is 0. The Kier molecular flexibility index (Phi) is 7.20. The number of nitrogens with zero attached hydrogens (tertiary/aromatic N) is 1. The van der Waals surface area contributed by atoms with Gasteiger partial charge in [0, 0.05) is 12.1 Å². The molecule has 0 fully saturated rings. The third-order valence-corrected chi connectivity index (χ3v) is 2.35. The zero-order valence-electron chi connectivity index (χ0n) is 10.7. The van der Waals surface area contributed by atoms with Crippen molar-refractivity contribution in [2.24, 2.45) is 0 Å². The summed E-state index contributed by atoms with van der Waals surface area (Å²) in [5, 5.41) is 3.53. The SMILES string of the molecule is CCCN(CCC)CC(C)(C)NCC. The van der Waals surface area contributed by atoms with Gasteiger partial charge >= 0.3 is 0 Å². The molecule has 0 atom stereocenters. The van der Waals surface area contributed by atoms with Crippen LogP contribution in [0.3, 0.4) is 0 Å². The van der Waals surface area contributed by atoms with Crippen molar-refractivity contribution in [1.82, 2.24) is 10.2 Å². The molecule has 86 valence electrons. The summed E-state index contributed by atoms with van der Waals surface area (Å²) in [5.41, 5.74) is 0.249. The number of nitrogens with one attached hydrogen (secondary N) is 1. The van der Waals surface area contributed by atoms with Crippen molar-refractivity contribution in [1.29, 1.82) is 0 Å². The highest BCUT2D eigenvalue weighted by Gasteiger charge is 2.19. The maximum atomic E-state index is 3.53. The molecule has 0 aliphatic carbocycles. The molecule has 0 saturated heterocycles. The van der Waals surface area contributed by atoms with Crippen molar-refractivity contribution < 1.29 is 0 Å². The first-order valence-electron chi connectivity index (χ1n) is 6.03. The first kappa shape index (κ1) is 13.9. The summed E-state index contributed by atoms with van der Waals surface area (Å²) >= 11 is 0. The highest BCUT2D eigenvalue weighted by molar-refractivity contribution is 4.80. The fourth-order valence-electron chi connectivity index (χ4n) is 2.00. The molecule has 14 heavy (non-hydrogen) atoms. The monoisotopic (exact) mass is 200 g/mol. The number of rotatable bonds is 8. The van der Waals surface area contributed by atoms with E-state index in [2.05, 4.69) is 44.8 Å². The van der Waals surface area contributed by atoms with Crippen LogP contribution < -0.4 is 5.32 Å². The second-order valence-corrected chi connectivity index (χ2v) is 4.69. The van der Waals surface area contributed by atoms with Crippen LogP contribution in [0.25, 0.3) is 0 Å². The molecule has 0 spiro atoms. The van der Waals surface area contributed by atoms with Gasteiger partial charge in [0.05, 0.1) is 0 Å². The minimum Gasteiger partial charge on any atom is -0.311 e. The van der Waals surface area contributed by atoms with Gasteiger partial charge in [0.25, 0.3) is 0 Å². The summed E-state index contributed by atoms with van der Waals surface area (Å²) in [6, 6.07) is 0. The Morgan fingerprint density at radius 1 is 1.00 bits per heavy atom. The van der Waals surface area contributed by atoms with Crippen LogP contribution in [0.5, 0.6) is 0 Å². The van der Waals surface area contributed by atoms with Crippen LogP contribution in [0, 0.1) is 0 Å². The minimum absolute atomic E-state index is 0.249. The van der Waals surface area contributed by atoms with E-state index in [4.69, 9.17) is 0 Å². The minimum atomic E-state index is 0.249. The van der Waals surface area contributed by atoms with Crippen molar-refractivity contribution >= 4 is 0 Å². The Bertz CT molecular complexity index is 126. The zero-order valence-corrected chi connectivity index (χ0v) is 10.7. The topological polar surface area (TPSA) is 15.3 Å². The van der Waals surface area contributed by atoms with Crippen molar-refractivity contribution in [2.75, 3.05) is 26.2 Å². The molecule has 0 heterocycles. The normalized spacial score (nSPS) is 12.4. The van der Waals surface area contributed by atoms with Crippen LogP contribution in [-0.4, -0.2) is 36.6 Å². The predicted octanol–water partition coefficient (Wildman–Crippen LogP) is 2.50. The molecule has 0 aliphatic rings. The Morgan fingerprint density at radius 2 is 1.50 bits per heavy atom. The predicted molar refractivity (Wildman–Crippen MR) is 64.8 cm³/mol. The summed E-state index contributed by atoms with van der Waals surface area (Å²) in [4.78, 5) is 2.56. The second-order valence-electron chi connectivity index (χ2n) is 4.69. The van der Waals surface area contributed by atoms with E-state index in [9.17, 15) is 0 Å². The van der Waals surface area contributed by atoms with Crippen molar-refractivity contribution in [3.63, 3.8) is 0 Å². The lowest BCUT2D eigenvalue weighted by molar-refractivity contribution is 0.202. The quantitative estimate of drug-likeness (QED) is 0.647. The Balaban J connectivity index is 3.98. The Labute approximate surface area is 90.1 Å². The number of hydrogen-bond donors (Lipinski definition) is 1. The van der Waals surface area contributed by atoms with Gasteiger partial charge in [-0.3, -0.25) is 0 Å². The average Bonchev–Trinajstić information content (AvgIpc) is 2.03. The standard InChI is InChI=1S/C12H28N2/c1-6-9-14(10-7-2)11-12(4,5)13-8-3/h13H,6-11H2,1-5H3. The molecular formula is C12H28N2. The molecule has 2 nitrogen and oxygen atoms in total. The first-order valence-corrected chi connectivity index (χ1v) is 6.03. The fraction of sp³-hybridized carbons (Fsp3) is 1.00. The van der Waals surface area contributed by atoms with E-state index in [1.165, 1.54) is 25.9 Å². The van der Waals surface area contributed by atoms with Crippen LogP contribution in [0.1, 0.15) is 47.5 Å². The molecule has 2 heteroatoms. The average molecular weight is 200 g/mol. The zero-order chi connectivity index (χ0) is 11.0. The molecule has 1 N–H and O–H groups in total. The van der Waals surface area contributed by atoms with Crippen molar-refractivity contribution in [2.45, 2.75) is 53.0 Å².